The highest BCUT2D eigenvalue weighted by Gasteiger charge is 1.86. The molecule has 0 aromatic heterocycles. The van der Waals surface area contributed by atoms with Crippen LogP contribution in [0.25, 0.3) is 0 Å². The van der Waals surface area contributed by atoms with Crippen LogP contribution in [0, 0.1) is 0 Å². The number of aliphatic hydroxyl groups is 1. The van der Waals surface area contributed by atoms with Gasteiger partial charge in [-0.2, -0.15) is 0 Å². The minimum Gasteiger partial charge on any atom is -0.381 e. The number of aliphatic hydroxyl groups excluding tert-OH is 1. The molecule has 0 rings (SSSR count). The van der Waals surface area contributed by atoms with E-state index in [1.807, 2.05) is 14.1 Å². The van der Waals surface area contributed by atoms with Gasteiger partial charge in [0.25, 0.3) is 0 Å². The normalized spacial score (nSPS) is 10.3. The second-order valence-corrected chi connectivity index (χ2v) is 1.51. The Labute approximate surface area is 43.9 Å². The van der Waals surface area contributed by atoms with Crippen LogP contribution >= 0.6 is 0 Å². The van der Waals surface area contributed by atoms with Gasteiger partial charge in [0.15, 0.2) is 0 Å². The first-order chi connectivity index (χ1) is 3.31. The van der Waals surface area contributed by atoms with Crippen molar-refractivity contribution in [1.29, 1.82) is 0 Å². The SMILES string of the molecule is CNCN(C)CO. The van der Waals surface area contributed by atoms with Crippen molar-refractivity contribution in [2.75, 3.05) is 27.5 Å². The molecule has 0 atom stereocenters. The molecule has 0 aromatic rings. The lowest BCUT2D eigenvalue weighted by Gasteiger charge is -2.10. The lowest BCUT2D eigenvalue weighted by molar-refractivity contribution is 0.127. The van der Waals surface area contributed by atoms with Gasteiger partial charge >= 0.3 is 0 Å². The highest BCUT2D eigenvalue weighted by molar-refractivity contribution is 4.33. The maximum atomic E-state index is 8.35. The summed E-state index contributed by atoms with van der Waals surface area (Å²) >= 11 is 0. The van der Waals surface area contributed by atoms with Crippen molar-refractivity contribution in [2.45, 2.75) is 0 Å². The molecule has 0 heterocycles. The highest BCUT2D eigenvalue weighted by Crippen LogP contribution is 1.68. The Bertz CT molecular complexity index is 40.7. The van der Waals surface area contributed by atoms with E-state index < -0.39 is 0 Å². The third-order valence-electron chi connectivity index (χ3n) is 0.669. The summed E-state index contributed by atoms with van der Waals surface area (Å²) in [5, 5.41) is 11.2. The topological polar surface area (TPSA) is 35.5 Å². The minimum atomic E-state index is 0.112. The van der Waals surface area contributed by atoms with Crippen LogP contribution in [-0.4, -0.2) is 37.5 Å². The van der Waals surface area contributed by atoms with Gasteiger partial charge in [-0.25, -0.2) is 0 Å². The lowest BCUT2D eigenvalue weighted by atomic mass is 10.8. The molecule has 0 bridgehead atoms. The van der Waals surface area contributed by atoms with Gasteiger partial charge in [0.05, 0.1) is 6.73 Å². The van der Waals surface area contributed by atoms with Crippen molar-refractivity contribution in [3.63, 3.8) is 0 Å². The van der Waals surface area contributed by atoms with Crippen LogP contribution in [0.15, 0.2) is 0 Å². The molecule has 0 aliphatic rings. The molecule has 0 saturated heterocycles. The maximum absolute atomic E-state index is 8.35. The van der Waals surface area contributed by atoms with E-state index in [9.17, 15) is 0 Å². The molecule has 0 aromatic carbocycles. The fraction of sp³-hybridized carbons (Fsp3) is 1.00. The zero-order valence-electron chi connectivity index (χ0n) is 4.81. The predicted octanol–water partition coefficient (Wildman–Crippen LogP) is -0.955. The van der Waals surface area contributed by atoms with E-state index in [0.717, 1.165) is 6.67 Å². The number of hydrogen-bond donors (Lipinski definition) is 2. The van der Waals surface area contributed by atoms with Crippen LogP contribution in [0.1, 0.15) is 0 Å². The molecule has 7 heavy (non-hydrogen) atoms. The monoisotopic (exact) mass is 104 g/mol. The molecule has 0 amide bonds. The third kappa shape index (κ3) is 3.72. The second-order valence-electron chi connectivity index (χ2n) is 1.51. The molecule has 0 aliphatic heterocycles. The molecule has 0 spiro atoms. The zero-order valence-corrected chi connectivity index (χ0v) is 4.81. The summed E-state index contributed by atoms with van der Waals surface area (Å²) < 4.78 is 0. The predicted molar refractivity (Wildman–Crippen MR) is 28.8 cm³/mol. The fourth-order valence-electron chi connectivity index (χ4n) is 0.320. The standard InChI is InChI=1S/C4H12N2O/c1-5-3-6(2)4-7/h5,7H,3-4H2,1-2H3. The number of rotatable bonds is 3. The summed E-state index contributed by atoms with van der Waals surface area (Å²) in [4.78, 5) is 1.75. The van der Waals surface area contributed by atoms with E-state index in [4.69, 9.17) is 5.11 Å². The molecule has 0 radical (unpaired) electrons. The van der Waals surface area contributed by atoms with Gasteiger partial charge in [0, 0.05) is 6.67 Å². The number of nitrogens with zero attached hydrogens (tertiary/aromatic N) is 1. The van der Waals surface area contributed by atoms with Gasteiger partial charge in [-0.1, -0.05) is 0 Å². The van der Waals surface area contributed by atoms with Gasteiger partial charge in [-0.05, 0) is 14.1 Å². The van der Waals surface area contributed by atoms with Crippen molar-refractivity contribution < 1.29 is 5.11 Å². The summed E-state index contributed by atoms with van der Waals surface area (Å²) in [6.07, 6.45) is 0. The second kappa shape index (κ2) is 4.05. The molecule has 3 nitrogen and oxygen atoms in total. The van der Waals surface area contributed by atoms with E-state index in [0.29, 0.717) is 0 Å². The number of nitrogens with one attached hydrogen (secondary N) is 1. The van der Waals surface area contributed by atoms with Crippen molar-refractivity contribution in [2.24, 2.45) is 0 Å². The van der Waals surface area contributed by atoms with Crippen molar-refractivity contribution in [1.82, 2.24) is 10.2 Å². The largest absolute Gasteiger partial charge is 0.381 e. The first kappa shape index (κ1) is 6.88. The Morgan fingerprint density at radius 3 is 2.43 bits per heavy atom. The summed E-state index contributed by atoms with van der Waals surface area (Å²) in [7, 11) is 3.67. The Hall–Kier alpha value is -0.120. The summed E-state index contributed by atoms with van der Waals surface area (Å²) in [6, 6.07) is 0. The number of hydrogen-bond acceptors (Lipinski definition) is 3. The Kier molecular flexibility index (Phi) is 3.98. The van der Waals surface area contributed by atoms with E-state index in [-0.39, 0.29) is 6.73 Å². The Morgan fingerprint density at radius 1 is 1.71 bits per heavy atom. The van der Waals surface area contributed by atoms with Gasteiger partial charge in [0.1, 0.15) is 0 Å². The van der Waals surface area contributed by atoms with E-state index in [2.05, 4.69) is 5.32 Å². The van der Waals surface area contributed by atoms with Gasteiger partial charge in [0.2, 0.25) is 0 Å². The van der Waals surface area contributed by atoms with Crippen LogP contribution in [-0.2, 0) is 0 Å². The molecular weight excluding hydrogens is 92.1 g/mol. The van der Waals surface area contributed by atoms with Crippen molar-refractivity contribution in [3.05, 3.63) is 0 Å². The minimum absolute atomic E-state index is 0.112. The summed E-state index contributed by atoms with van der Waals surface area (Å²) in [6.45, 7) is 0.845. The molecule has 2 N–H and O–H groups in total. The molecular formula is C4H12N2O. The first-order valence-corrected chi connectivity index (χ1v) is 2.25. The average molecular weight is 104 g/mol. The zero-order chi connectivity index (χ0) is 5.70. The molecule has 0 aliphatic carbocycles. The quantitative estimate of drug-likeness (QED) is 0.453. The summed E-state index contributed by atoms with van der Waals surface area (Å²) in [5.74, 6) is 0. The smallest absolute Gasteiger partial charge is 0.0964 e. The van der Waals surface area contributed by atoms with Crippen LogP contribution in [0.2, 0.25) is 0 Å². The highest BCUT2D eigenvalue weighted by atomic mass is 16.3. The fourth-order valence-corrected chi connectivity index (χ4v) is 0.320. The third-order valence-corrected chi connectivity index (χ3v) is 0.669. The van der Waals surface area contributed by atoms with Crippen LogP contribution < -0.4 is 5.32 Å². The van der Waals surface area contributed by atoms with Gasteiger partial charge in [-0.15, -0.1) is 0 Å². The molecule has 0 fully saturated rings. The van der Waals surface area contributed by atoms with E-state index in [1.54, 1.807) is 4.90 Å². The van der Waals surface area contributed by atoms with Crippen LogP contribution in [0.5, 0.6) is 0 Å². The molecule has 0 unspecified atom stereocenters. The average Bonchev–Trinajstić information content (AvgIpc) is 1.68. The van der Waals surface area contributed by atoms with E-state index in [1.165, 1.54) is 0 Å². The molecule has 3 heteroatoms. The Balaban J connectivity index is 2.83. The van der Waals surface area contributed by atoms with Crippen LogP contribution in [0.4, 0.5) is 0 Å². The Morgan fingerprint density at radius 2 is 2.29 bits per heavy atom. The van der Waals surface area contributed by atoms with Crippen LogP contribution in [0.3, 0.4) is 0 Å². The van der Waals surface area contributed by atoms with E-state index >= 15 is 0 Å². The summed E-state index contributed by atoms with van der Waals surface area (Å²) in [5.41, 5.74) is 0. The maximum Gasteiger partial charge on any atom is 0.0964 e. The first-order valence-electron chi connectivity index (χ1n) is 2.25. The van der Waals surface area contributed by atoms with Crippen molar-refractivity contribution in [3.8, 4) is 0 Å². The van der Waals surface area contributed by atoms with Gasteiger partial charge in [-0.3, -0.25) is 4.90 Å². The van der Waals surface area contributed by atoms with Crippen molar-refractivity contribution >= 4 is 0 Å². The van der Waals surface area contributed by atoms with Gasteiger partial charge < -0.3 is 10.4 Å². The lowest BCUT2D eigenvalue weighted by Crippen LogP contribution is -2.28. The molecule has 44 valence electrons. The molecule has 0 saturated carbocycles.